The van der Waals surface area contributed by atoms with Crippen LogP contribution in [0.25, 0.3) is 10.9 Å². The predicted octanol–water partition coefficient (Wildman–Crippen LogP) is 4.15. The number of amides is 1. The highest BCUT2D eigenvalue weighted by Gasteiger charge is 2.27. The Morgan fingerprint density at radius 3 is 2.64 bits per heavy atom. The normalized spacial score (nSPS) is 15.7. The van der Waals surface area contributed by atoms with E-state index in [0.29, 0.717) is 12.1 Å². The minimum Gasteiger partial charge on any atom is -0.335 e. The van der Waals surface area contributed by atoms with Gasteiger partial charge in [0.25, 0.3) is 5.56 Å². The van der Waals surface area contributed by atoms with Crippen molar-refractivity contribution in [2.45, 2.75) is 65.5 Å². The summed E-state index contributed by atoms with van der Waals surface area (Å²) in [5.74, 6) is 0.0966. The second-order valence-electron chi connectivity index (χ2n) is 7.58. The van der Waals surface area contributed by atoms with Crippen molar-refractivity contribution in [1.82, 2.24) is 9.88 Å². The zero-order chi connectivity index (χ0) is 18.0. The molecule has 0 saturated heterocycles. The van der Waals surface area contributed by atoms with Gasteiger partial charge in [0.05, 0.1) is 12.1 Å². The molecule has 1 heterocycles. The average Bonchev–Trinajstić information content (AvgIpc) is 2.61. The zero-order valence-electron chi connectivity index (χ0n) is 15.5. The van der Waals surface area contributed by atoms with E-state index >= 15 is 0 Å². The fourth-order valence-electron chi connectivity index (χ4n) is 3.84. The van der Waals surface area contributed by atoms with Crippen molar-refractivity contribution in [3.05, 3.63) is 45.7 Å². The van der Waals surface area contributed by atoms with Gasteiger partial charge >= 0.3 is 0 Å². The Bertz CT molecular complexity index is 816. The third-order valence-corrected chi connectivity index (χ3v) is 5.30. The molecule has 1 aromatic carbocycles. The lowest BCUT2D eigenvalue weighted by atomic mass is 9.93. The van der Waals surface area contributed by atoms with E-state index < -0.39 is 0 Å². The quantitative estimate of drug-likeness (QED) is 0.909. The van der Waals surface area contributed by atoms with Crippen LogP contribution < -0.4 is 5.56 Å². The molecule has 134 valence electrons. The number of aromatic nitrogens is 1. The van der Waals surface area contributed by atoms with Gasteiger partial charge in [-0.3, -0.25) is 9.59 Å². The van der Waals surface area contributed by atoms with Crippen LogP contribution >= 0.6 is 0 Å². The molecule has 1 fully saturated rings. The molecular formula is C21H28N2O2. The van der Waals surface area contributed by atoms with Crippen LogP contribution in [0, 0.1) is 12.8 Å². The molecule has 0 aliphatic heterocycles. The Labute approximate surface area is 149 Å². The monoisotopic (exact) mass is 340 g/mol. The number of pyridine rings is 1. The first-order valence-corrected chi connectivity index (χ1v) is 9.39. The van der Waals surface area contributed by atoms with Gasteiger partial charge in [-0.1, -0.05) is 51.3 Å². The van der Waals surface area contributed by atoms with Crippen molar-refractivity contribution in [2.75, 3.05) is 0 Å². The third-order valence-electron chi connectivity index (χ3n) is 5.30. The average molecular weight is 340 g/mol. The standard InChI is InChI=1S/C21H28N2O2/c1-14(2)21(25)23(18-10-5-4-6-11-18)13-17-12-16-9-7-8-15(3)19(16)22-20(17)24/h7-9,12,14,18H,4-6,10-11,13H2,1-3H3,(H,22,24). The second-order valence-corrected chi connectivity index (χ2v) is 7.58. The smallest absolute Gasteiger partial charge is 0.253 e. The maximum Gasteiger partial charge on any atom is 0.253 e. The molecule has 1 saturated carbocycles. The molecule has 1 aliphatic carbocycles. The molecule has 1 aliphatic rings. The molecule has 4 nitrogen and oxygen atoms in total. The summed E-state index contributed by atoms with van der Waals surface area (Å²) in [7, 11) is 0. The lowest BCUT2D eigenvalue weighted by molar-refractivity contribution is -0.138. The number of carbonyl (C=O) groups excluding carboxylic acids is 1. The molecule has 25 heavy (non-hydrogen) atoms. The summed E-state index contributed by atoms with van der Waals surface area (Å²) in [6.45, 7) is 6.27. The lowest BCUT2D eigenvalue weighted by Gasteiger charge is -2.35. The maximum atomic E-state index is 12.8. The van der Waals surface area contributed by atoms with E-state index in [4.69, 9.17) is 0 Å². The molecule has 1 amide bonds. The van der Waals surface area contributed by atoms with E-state index in [0.717, 1.165) is 29.3 Å². The van der Waals surface area contributed by atoms with Crippen molar-refractivity contribution in [1.29, 1.82) is 0 Å². The van der Waals surface area contributed by atoms with Crippen LogP contribution in [0.15, 0.2) is 29.1 Å². The maximum absolute atomic E-state index is 12.8. The number of nitrogens with zero attached hydrogens (tertiary/aromatic N) is 1. The van der Waals surface area contributed by atoms with Crippen LogP contribution in [-0.2, 0) is 11.3 Å². The highest BCUT2D eigenvalue weighted by molar-refractivity contribution is 5.82. The number of H-pyrrole nitrogens is 1. The molecule has 0 radical (unpaired) electrons. The van der Waals surface area contributed by atoms with Gasteiger partial charge in [-0.05, 0) is 36.8 Å². The van der Waals surface area contributed by atoms with Gasteiger partial charge in [-0.25, -0.2) is 0 Å². The summed E-state index contributed by atoms with van der Waals surface area (Å²) in [6.07, 6.45) is 5.67. The van der Waals surface area contributed by atoms with Crippen LogP contribution in [0.1, 0.15) is 57.1 Å². The molecule has 1 aromatic heterocycles. The number of rotatable bonds is 4. The van der Waals surface area contributed by atoms with Crippen molar-refractivity contribution >= 4 is 16.8 Å². The van der Waals surface area contributed by atoms with Gasteiger partial charge in [0.2, 0.25) is 5.91 Å². The predicted molar refractivity (Wildman–Crippen MR) is 102 cm³/mol. The fraction of sp³-hybridized carbons (Fsp3) is 0.524. The van der Waals surface area contributed by atoms with E-state index in [1.807, 2.05) is 49.9 Å². The Hall–Kier alpha value is -2.10. The molecule has 0 atom stereocenters. The minimum atomic E-state index is -0.0841. The van der Waals surface area contributed by atoms with E-state index in [1.54, 1.807) is 0 Å². The Balaban J connectivity index is 1.95. The van der Waals surface area contributed by atoms with Gasteiger partial charge in [0, 0.05) is 17.5 Å². The summed E-state index contributed by atoms with van der Waals surface area (Å²) < 4.78 is 0. The third kappa shape index (κ3) is 3.78. The first-order valence-electron chi connectivity index (χ1n) is 9.39. The van der Waals surface area contributed by atoms with E-state index in [1.165, 1.54) is 19.3 Å². The number of carbonyl (C=O) groups is 1. The number of aromatic amines is 1. The second kappa shape index (κ2) is 7.42. The van der Waals surface area contributed by atoms with Crippen LogP contribution in [-0.4, -0.2) is 21.8 Å². The van der Waals surface area contributed by atoms with Gasteiger partial charge in [0.1, 0.15) is 0 Å². The van der Waals surface area contributed by atoms with Crippen molar-refractivity contribution in [3.63, 3.8) is 0 Å². The molecule has 3 rings (SSSR count). The van der Waals surface area contributed by atoms with Crippen molar-refractivity contribution in [2.24, 2.45) is 5.92 Å². The topological polar surface area (TPSA) is 53.2 Å². The number of fused-ring (bicyclic) bond motifs is 1. The SMILES string of the molecule is Cc1cccc2cc(CN(C(=O)C(C)C)C3CCCCC3)c(=O)[nH]c12. The van der Waals surface area contributed by atoms with E-state index in [-0.39, 0.29) is 23.4 Å². The Kier molecular flexibility index (Phi) is 5.26. The number of benzene rings is 1. The summed E-state index contributed by atoms with van der Waals surface area (Å²) in [5, 5.41) is 1.02. The molecule has 0 spiro atoms. The molecule has 1 N–H and O–H groups in total. The van der Waals surface area contributed by atoms with Gasteiger partial charge in [-0.15, -0.1) is 0 Å². The number of para-hydroxylation sites is 1. The highest BCUT2D eigenvalue weighted by Crippen LogP contribution is 2.25. The van der Waals surface area contributed by atoms with Crippen LogP contribution in [0.3, 0.4) is 0 Å². The van der Waals surface area contributed by atoms with E-state index in [9.17, 15) is 9.59 Å². The summed E-state index contributed by atoms with van der Waals surface area (Å²) in [4.78, 5) is 30.4. The zero-order valence-corrected chi connectivity index (χ0v) is 15.5. The summed E-state index contributed by atoms with van der Waals surface area (Å²) >= 11 is 0. The van der Waals surface area contributed by atoms with Gasteiger partial charge < -0.3 is 9.88 Å². The van der Waals surface area contributed by atoms with Crippen molar-refractivity contribution < 1.29 is 4.79 Å². The number of hydrogen-bond donors (Lipinski definition) is 1. The van der Waals surface area contributed by atoms with Crippen LogP contribution in [0.5, 0.6) is 0 Å². The number of nitrogens with one attached hydrogen (secondary N) is 1. The van der Waals surface area contributed by atoms with Crippen LogP contribution in [0.2, 0.25) is 0 Å². The van der Waals surface area contributed by atoms with E-state index in [2.05, 4.69) is 4.98 Å². The molecular weight excluding hydrogens is 312 g/mol. The van der Waals surface area contributed by atoms with Gasteiger partial charge in [0.15, 0.2) is 0 Å². The van der Waals surface area contributed by atoms with Crippen molar-refractivity contribution in [3.8, 4) is 0 Å². The van der Waals surface area contributed by atoms with Gasteiger partial charge in [-0.2, -0.15) is 0 Å². The highest BCUT2D eigenvalue weighted by atomic mass is 16.2. The fourth-order valence-corrected chi connectivity index (χ4v) is 3.84. The lowest BCUT2D eigenvalue weighted by Crippen LogP contribution is -2.43. The number of aryl methyl sites for hydroxylation is 1. The largest absolute Gasteiger partial charge is 0.335 e. The molecule has 2 aromatic rings. The van der Waals surface area contributed by atoms with Crippen LogP contribution in [0.4, 0.5) is 0 Å². The first kappa shape index (κ1) is 17.7. The minimum absolute atomic E-state index is 0.0521. The molecule has 0 unspecified atom stereocenters. The molecule has 4 heteroatoms. The Morgan fingerprint density at radius 1 is 1.24 bits per heavy atom. The number of hydrogen-bond acceptors (Lipinski definition) is 2. The molecule has 0 bridgehead atoms. The summed E-state index contributed by atoms with van der Waals surface area (Å²) in [5.41, 5.74) is 2.54. The Morgan fingerprint density at radius 2 is 1.96 bits per heavy atom. The summed E-state index contributed by atoms with van der Waals surface area (Å²) in [6, 6.07) is 8.21. The first-order chi connectivity index (χ1) is 12.0.